The Morgan fingerprint density at radius 3 is 2.79 bits per heavy atom. The van der Waals surface area contributed by atoms with Crippen molar-refractivity contribution in [1.29, 1.82) is 0 Å². The van der Waals surface area contributed by atoms with Crippen molar-refractivity contribution in [1.82, 2.24) is 10.2 Å². The third-order valence-electron chi connectivity index (χ3n) is 3.35. The van der Waals surface area contributed by atoms with Gasteiger partial charge in [-0.1, -0.05) is 40.5 Å². The third-order valence-corrected chi connectivity index (χ3v) is 4.12. The van der Waals surface area contributed by atoms with Crippen molar-refractivity contribution in [2.75, 3.05) is 13.6 Å². The van der Waals surface area contributed by atoms with E-state index in [0.29, 0.717) is 6.54 Å². The number of benzene rings is 1. The Morgan fingerprint density at radius 1 is 1.42 bits per heavy atom. The fourth-order valence-electron chi connectivity index (χ4n) is 2.29. The predicted molar refractivity (Wildman–Crippen MR) is 83.5 cm³/mol. The molecule has 106 valence electrons. The molecule has 1 aromatic rings. The van der Waals surface area contributed by atoms with Gasteiger partial charge in [0.05, 0.1) is 6.04 Å². The van der Waals surface area contributed by atoms with Gasteiger partial charge in [-0.3, -0.25) is 4.79 Å². The van der Waals surface area contributed by atoms with Crippen LogP contribution in [0.4, 0.5) is 0 Å². The van der Waals surface area contributed by atoms with Crippen LogP contribution in [0.25, 0.3) is 0 Å². The monoisotopic (exact) mass is 346 g/mol. The third kappa shape index (κ3) is 4.48. The average Bonchev–Trinajstić information content (AvgIpc) is 2.41. The summed E-state index contributed by atoms with van der Waals surface area (Å²) in [6, 6.07) is 8.04. The summed E-state index contributed by atoms with van der Waals surface area (Å²) in [5, 5.41) is 3.30. The van der Waals surface area contributed by atoms with Crippen molar-refractivity contribution in [3.05, 3.63) is 34.3 Å². The maximum atomic E-state index is 12.3. The van der Waals surface area contributed by atoms with Crippen molar-refractivity contribution in [2.45, 2.75) is 31.8 Å². The van der Waals surface area contributed by atoms with Gasteiger partial charge in [-0.2, -0.15) is 0 Å². The zero-order valence-corrected chi connectivity index (χ0v) is 13.5. The lowest BCUT2D eigenvalue weighted by Gasteiger charge is -2.27. The number of nitrogens with one attached hydrogen (secondary N) is 1. The summed E-state index contributed by atoms with van der Waals surface area (Å²) in [6.07, 6.45) is 3.28. The summed E-state index contributed by atoms with van der Waals surface area (Å²) in [4.78, 5) is 14.1. The lowest BCUT2D eigenvalue weighted by Crippen LogP contribution is -2.47. The molecule has 0 bridgehead atoms. The number of rotatable bonds is 3. The Labute approximate surface area is 129 Å². The van der Waals surface area contributed by atoms with Gasteiger partial charge in [0, 0.05) is 18.1 Å². The summed E-state index contributed by atoms with van der Waals surface area (Å²) in [6.45, 7) is 1.61. The van der Waals surface area contributed by atoms with Crippen molar-refractivity contribution in [3.8, 4) is 0 Å². The van der Waals surface area contributed by atoms with Crippen LogP contribution in [-0.2, 0) is 11.3 Å². The number of hydrogen-bond acceptors (Lipinski definition) is 2. The molecule has 1 aliphatic heterocycles. The van der Waals surface area contributed by atoms with Crippen LogP contribution < -0.4 is 5.32 Å². The van der Waals surface area contributed by atoms with E-state index in [1.165, 1.54) is 6.42 Å². The molecular formula is C14H20BrClN2O. The smallest absolute Gasteiger partial charge is 0.239 e. The van der Waals surface area contributed by atoms with Crippen LogP contribution in [0.15, 0.2) is 28.7 Å². The summed E-state index contributed by atoms with van der Waals surface area (Å²) < 4.78 is 1.06. The van der Waals surface area contributed by atoms with Crippen LogP contribution in [-0.4, -0.2) is 30.4 Å². The van der Waals surface area contributed by atoms with Gasteiger partial charge >= 0.3 is 0 Å². The van der Waals surface area contributed by atoms with Crippen LogP contribution in [0.3, 0.4) is 0 Å². The molecule has 0 spiro atoms. The van der Waals surface area contributed by atoms with Gasteiger partial charge in [0.1, 0.15) is 0 Å². The second kappa shape index (κ2) is 7.88. The van der Waals surface area contributed by atoms with Crippen LogP contribution >= 0.6 is 28.3 Å². The van der Waals surface area contributed by atoms with E-state index in [-0.39, 0.29) is 24.4 Å². The maximum Gasteiger partial charge on any atom is 0.239 e. The molecule has 1 saturated heterocycles. The Morgan fingerprint density at radius 2 is 2.16 bits per heavy atom. The molecule has 2 rings (SSSR count). The molecule has 3 nitrogen and oxygen atoms in total. The lowest BCUT2D eigenvalue weighted by atomic mass is 10.0. The van der Waals surface area contributed by atoms with E-state index in [9.17, 15) is 4.79 Å². The molecule has 0 unspecified atom stereocenters. The quantitative estimate of drug-likeness (QED) is 0.911. The topological polar surface area (TPSA) is 32.3 Å². The van der Waals surface area contributed by atoms with Gasteiger partial charge in [0.15, 0.2) is 0 Å². The molecule has 1 fully saturated rings. The van der Waals surface area contributed by atoms with Gasteiger partial charge in [0.25, 0.3) is 0 Å². The minimum Gasteiger partial charge on any atom is -0.340 e. The van der Waals surface area contributed by atoms with Gasteiger partial charge in [-0.25, -0.2) is 0 Å². The number of likely N-dealkylation sites (N-methyl/N-ethyl adjacent to an activating group) is 1. The van der Waals surface area contributed by atoms with Crippen LogP contribution in [0.2, 0.25) is 0 Å². The molecule has 1 heterocycles. The minimum atomic E-state index is 0. The number of piperidine rings is 1. The highest BCUT2D eigenvalue weighted by Gasteiger charge is 2.23. The highest BCUT2D eigenvalue weighted by molar-refractivity contribution is 9.10. The molecule has 0 aromatic heterocycles. The summed E-state index contributed by atoms with van der Waals surface area (Å²) in [7, 11) is 1.87. The molecule has 19 heavy (non-hydrogen) atoms. The van der Waals surface area contributed by atoms with Gasteiger partial charge in [-0.15, -0.1) is 12.4 Å². The highest BCUT2D eigenvalue weighted by Crippen LogP contribution is 2.18. The number of nitrogens with zero attached hydrogens (tertiary/aromatic N) is 1. The second-order valence-electron chi connectivity index (χ2n) is 4.79. The van der Waals surface area contributed by atoms with E-state index in [2.05, 4.69) is 21.2 Å². The Kier molecular flexibility index (Phi) is 6.83. The molecule has 1 N–H and O–H groups in total. The van der Waals surface area contributed by atoms with Crippen LogP contribution in [0.5, 0.6) is 0 Å². The first-order chi connectivity index (χ1) is 8.68. The standard InChI is InChI=1S/C14H19BrN2O.ClH/c1-17(10-11-6-2-3-7-12(11)15)14(18)13-8-4-5-9-16-13;/h2-3,6-7,13,16H,4-5,8-10H2,1H3;1H/t13-;/m1./s1. The zero-order chi connectivity index (χ0) is 13.0. The van der Waals surface area contributed by atoms with E-state index in [4.69, 9.17) is 0 Å². The van der Waals surface area contributed by atoms with Crippen LogP contribution in [0.1, 0.15) is 24.8 Å². The first kappa shape index (κ1) is 16.5. The van der Waals surface area contributed by atoms with E-state index in [1.54, 1.807) is 0 Å². The molecule has 1 atom stereocenters. The van der Waals surface area contributed by atoms with Crippen molar-refractivity contribution < 1.29 is 4.79 Å². The number of hydrogen-bond donors (Lipinski definition) is 1. The second-order valence-corrected chi connectivity index (χ2v) is 5.64. The molecule has 0 saturated carbocycles. The van der Waals surface area contributed by atoms with Gasteiger partial charge in [-0.05, 0) is 31.0 Å². The number of carbonyl (C=O) groups is 1. The van der Waals surface area contributed by atoms with E-state index in [0.717, 1.165) is 29.4 Å². The first-order valence-electron chi connectivity index (χ1n) is 6.40. The number of carbonyl (C=O) groups excluding carboxylic acids is 1. The average molecular weight is 348 g/mol. The van der Waals surface area contributed by atoms with E-state index >= 15 is 0 Å². The molecule has 1 aliphatic rings. The largest absolute Gasteiger partial charge is 0.340 e. The lowest BCUT2D eigenvalue weighted by molar-refractivity contribution is -0.133. The molecule has 0 radical (unpaired) electrons. The SMILES string of the molecule is CN(Cc1ccccc1Br)C(=O)[C@H]1CCCCN1.Cl. The van der Waals surface area contributed by atoms with Gasteiger partial charge in [0.2, 0.25) is 5.91 Å². The molecule has 5 heteroatoms. The molecule has 1 amide bonds. The van der Waals surface area contributed by atoms with E-state index < -0.39 is 0 Å². The van der Waals surface area contributed by atoms with Gasteiger partial charge < -0.3 is 10.2 Å². The molecular weight excluding hydrogens is 328 g/mol. The first-order valence-corrected chi connectivity index (χ1v) is 7.19. The van der Waals surface area contributed by atoms with Crippen molar-refractivity contribution >= 4 is 34.2 Å². The van der Waals surface area contributed by atoms with E-state index in [1.807, 2.05) is 36.2 Å². The normalized spacial score (nSPS) is 18.5. The Hall–Kier alpha value is -0.580. The van der Waals surface area contributed by atoms with Crippen molar-refractivity contribution in [2.24, 2.45) is 0 Å². The minimum absolute atomic E-state index is 0. The fourth-order valence-corrected chi connectivity index (χ4v) is 2.70. The Bertz CT molecular complexity index is 422. The summed E-state index contributed by atoms with van der Waals surface area (Å²) in [5.74, 6) is 0.199. The summed E-state index contributed by atoms with van der Waals surface area (Å²) in [5.41, 5.74) is 1.14. The molecule has 1 aromatic carbocycles. The summed E-state index contributed by atoms with van der Waals surface area (Å²) >= 11 is 3.52. The van der Waals surface area contributed by atoms with Crippen LogP contribution in [0, 0.1) is 0 Å². The molecule has 0 aliphatic carbocycles. The zero-order valence-electron chi connectivity index (χ0n) is 11.1. The van der Waals surface area contributed by atoms with Crippen molar-refractivity contribution in [3.63, 3.8) is 0 Å². The Balaban J connectivity index is 0.00000180. The number of amides is 1. The highest BCUT2D eigenvalue weighted by atomic mass is 79.9. The predicted octanol–water partition coefficient (Wildman–Crippen LogP) is 2.97. The number of halogens is 2. The fraction of sp³-hybridized carbons (Fsp3) is 0.500. The maximum absolute atomic E-state index is 12.3.